The Balaban J connectivity index is 2.47. The van der Waals surface area contributed by atoms with Crippen LogP contribution in [0.2, 0.25) is 0 Å². The lowest BCUT2D eigenvalue weighted by Crippen LogP contribution is -2.25. The van der Waals surface area contributed by atoms with Crippen LogP contribution in [0.3, 0.4) is 0 Å². The Labute approximate surface area is 48.5 Å². The third-order valence-corrected chi connectivity index (χ3v) is 1.36. The SMILES string of the molecule is O[C@@H]1C=CCC[C@@H]1O. The maximum Gasteiger partial charge on any atom is 0.0980 e. The second-order valence-corrected chi connectivity index (χ2v) is 2.06. The van der Waals surface area contributed by atoms with E-state index in [9.17, 15) is 0 Å². The number of hydrogen-bond acceptors (Lipinski definition) is 2. The van der Waals surface area contributed by atoms with Gasteiger partial charge in [0, 0.05) is 0 Å². The summed E-state index contributed by atoms with van der Waals surface area (Å²) in [5.41, 5.74) is 0. The van der Waals surface area contributed by atoms with Crippen molar-refractivity contribution in [3.8, 4) is 0 Å². The molecule has 0 radical (unpaired) electrons. The van der Waals surface area contributed by atoms with E-state index >= 15 is 0 Å². The molecule has 0 spiro atoms. The molecule has 46 valence electrons. The molecule has 1 aliphatic carbocycles. The van der Waals surface area contributed by atoms with E-state index in [1.54, 1.807) is 6.08 Å². The van der Waals surface area contributed by atoms with Crippen LogP contribution in [0.5, 0.6) is 0 Å². The summed E-state index contributed by atoms with van der Waals surface area (Å²) in [6.07, 6.45) is 3.95. The average molecular weight is 114 g/mol. The maximum atomic E-state index is 8.88. The van der Waals surface area contributed by atoms with Gasteiger partial charge in [-0.2, -0.15) is 0 Å². The molecule has 0 aromatic rings. The van der Waals surface area contributed by atoms with Gasteiger partial charge in [0.05, 0.1) is 12.2 Å². The Kier molecular flexibility index (Phi) is 1.65. The second-order valence-electron chi connectivity index (χ2n) is 2.06. The van der Waals surface area contributed by atoms with Crippen molar-refractivity contribution in [2.75, 3.05) is 0 Å². The molecule has 0 unspecified atom stereocenters. The quantitative estimate of drug-likeness (QED) is 0.437. The molecule has 8 heavy (non-hydrogen) atoms. The van der Waals surface area contributed by atoms with E-state index in [0.29, 0.717) is 6.42 Å². The summed E-state index contributed by atoms with van der Waals surface area (Å²) in [5, 5.41) is 17.7. The van der Waals surface area contributed by atoms with Crippen LogP contribution < -0.4 is 0 Å². The molecule has 0 heterocycles. The molecule has 0 aliphatic heterocycles. The van der Waals surface area contributed by atoms with Crippen LogP contribution >= 0.6 is 0 Å². The van der Waals surface area contributed by atoms with Gasteiger partial charge in [0.15, 0.2) is 0 Å². The van der Waals surface area contributed by atoms with E-state index in [4.69, 9.17) is 10.2 Å². The average Bonchev–Trinajstić information content (AvgIpc) is 1.77. The molecular weight excluding hydrogens is 104 g/mol. The van der Waals surface area contributed by atoms with Crippen molar-refractivity contribution in [3.63, 3.8) is 0 Å². The summed E-state index contributed by atoms with van der Waals surface area (Å²) < 4.78 is 0. The van der Waals surface area contributed by atoms with Gasteiger partial charge in [0.1, 0.15) is 0 Å². The largest absolute Gasteiger partial charge is 0.390 e. The van der Waals surface area contributed by atoms with E-state index in [0.717, 1.165) is 6.42 Å². The van der Waals surface area contributed by atoms with E-state index in [1.165, 1.54) is 0 Å². The molecule has 0 aromatic carbocycles. The smallest absolute Gasteiger partial charge is 0.0980 e. The van der Waals surface area contributed by atoms with Crippen molar-refractivity contribution in [1.29, 1.82) is 0 Å². The predicted molar refractivity (Wildman–Crippen MR) is 30.4 cm³/mol. The minimum absolute atomic E-state index is 0.528. The van der Waals surface area contributed by atoms with Crippen molar-refractivity contribution >= 4 is 0 Å². The van der Waals surface area contributed by atoms with Crippen molar-refractivity contribution in [1.82, 2.24) is 0 Å². The lowest BCUT2D eigenvalue weighted by molar-refractivity contribution is 0.0389. The van der Waals surface area contributed by atoms with Crippen LogP contribution in [0.25, 0.3) is 0 Å². The fourth-order valence-electron chi connectivity index (χ4n) is 0.802. The summed E-state index contributed by atoms with van der Waals surface area (Å²) in [6.45, 7) is 0. The Morgan fingerprint density at radius 2 is 2.12 bits per heavy atom. The fraction of sp³-hybridized carbons (Fsp3) is 0.667. The van der Waals surface area contributed by atoms with E-state index in [1.807, 2.05) is 6.08 Å². The van der Waals surface area contributed by atoms with Gasteiger partial charge in [-0.05, 0) is 12.8 Å². The standard InChI is InChI=1S/C6H10O2/c7-5-3-1-2-4-6(5)8/h1,3,5-8H,2,4H2/t5-,6+/m1/s1. The zero-order valence-corrected chi connectivity index (χ0v) is 4.62. The molecule has 1 aliphatic rings. The Morgan fingerprint density at radius 3 is 2.50 bits per heavy atom. The zero-order valence-electron chi connectivity index (χ0n) is 4.62. The second kappa shape index (κ2) is 2.29. The van der Waals surface area contributed by atoms with Crippen molar-refractivity contribution < 1.29 is 10.2 Å². The summed E-state index contributed by atoms with van der Waals surface area (Å²) >= 11 is 0. The third kappa shape index (κ3) is 1.08. The number of allylic oxidation sites excluding steroid dienone is 1. The van der Waals surface area contributed by atoms with Gasteiger partial charge >= 0.3 is 0 Å². The van der Waals surface area contributed by atoms with Gasteiger partial charge < -0.3 is 10.2 Å². The topological polar surface area (TPSA) is 40.5 Å². The maximum absolute atomic E-state index is 8.88. The zero-order chi connectivity index (χ0) is 5.98. The van der Waals surface area contributed by atoms with Crippen LogP contribution in [-0.4, -0.2) is 22.4 Å². The molecule has 0 bridgehead atoms. The first-order valence-corrected chi connectivity index (χ1v) is 2.83. The highest BCUT2D eigenvalue weighted by molar-refractivity contribution is 4.97. The molecule has 0 aromatic heterocycles. The summed E-state index contributed by atoms with van der Waals surface area (Å²) in [5.74, 6) is 0. The van der Waals surface area contributed by atoms with Gasteiger partial charge in [-0.15, -0.1) is 0 Å². The molecule has 2 N–H and O–H groups in total. The molecule has 0 amide bonds. The minimum atomic E-state index is -0.622. The van der Waals surface area contributed by atoms with Gasteiger partial charge in [-0.25, -0.2) is 0 Å². The molecule has 1 rings (SSSR count). The summed E-state index contributed by atoms with van der Waals surface area (Å²) in [7, 11) is 0. The first-order chi connectivity index (χ1) is 3.80. The normalized spacial score (nSPS) is 37.8. The monoisotopic (exact) mass is 114 g/mol. The number of aliphatic hydroxyl groups excluding tert-OH is 2. The van der Waals surface area contributed by atoms with Crippen molar-refractivity contribution in [2.45, 2.75) is 25.0 Å². The fourth-order valence-corrected chi connectivity index (χ4v) is 0.802. The first-order valence-electron chi connectivity index (χ1n) is 2.83. The number of rotatable bonds is 0. The number of aliphatic hydroxyl groups is 2. The lowest BCUT2D eigenvalue weighted by Gasteiger charge is -2.16. The van der Waals surface area contributed by atoms with Crippen LogP contribution in [-0.2, 0) is 0 Å². The lowest BCUT2D eigenvalue weighted by atomic mass is 10.0. The van der Waals surface area contributed by atoms with Crippen LogP contribution in [0.15, 0.2) is 12.2 Å². The Hall–Kier alpha value is -0.340. The van der Waals surface area contributed by atoms with E-state index < -0.39 is 12.2 Å². The Bertz CT molecular complexity index is 98.7. The molecule has 2 atom stereocenters. The third-order valence-electron chi connectivity index (χ3n) is 1.36. The van der Waals surface area contributed by atoms with Crippen molar-refractivity contribution in [2.24, 2.45) is 0 Å². The molecule has 2 heteroatoms. The molecule has 2 nitrogen and oxygen atoms in total. The molecule has 0 fully saturated rings. The van der Waals surface area contributed by atoms with Gasteiger partial charge in [-0.1, -0.05) is 12.2 Å². The number of hydrogen-bond donors (Lipinski definition) is 2. The van der Waals surface area contributed by atoms with Crippen LogP contribution in [0, 0.1) is 0 Å². The van der Waals surface area contributed by atoms with Crippen LogP contribution in [0.4, 0.5) is 0 Å². The predicted octanol–water partition coefficient (Wildman–Crippen LogP) is 0.0582. The first kappa shape index (κ1) is 5.79. The van der Waals surface area contributed by atoms with Crippen molar-refractivity contribution in [3.05, 3.63) is 12.2 Å². The van der Waals surface area contributed by atoms with E-state index in [2.05, 4.69) is 0 Å². The van der Waals surface area contributed by atoms with Crippen LogP contribution in [0.1, 0.15) is 12.8 Å². The molecule has 0 saturated carbocycles. The Morgan fingerprint density at radius 1 is 1.38 bits per heavy atom. The molecule has 0 saturated heterocycles. The summed E-state index contributed by atoms with van der Waals surface area (Å²) in [6, 6.07) is 0. The molecular formula is C6H10O2. The highest BCUT2D eigenvalue weighted by atomic mass is 16.3. The minimum Gasteiger partial charge on any atom is -0.390 e. The van der Waals surface area contributed by atoms with Gasteiger partial charge in [-0.3, -0.25) is 0 Å². The van der Waals surface area contributed by atoms with Gasteiger partial charge in [0.2, 0.25) is 0 Å². The highest BCUT2D eigenvalue weighted by Gasteiger charge is 2.14. The van der Waals surface area contributed by atoms with Gasteiger partial charge in [0.25, 0.3) is 0 Å². The summed E-state index contributed by atoms with van der Waals surface area (Å²) in [4.78, 5) is 0. The highest BCUT2D eigenvalue weighted by Crippen LogP contribution is 2.10. The van der Waals surface area contributed by atoms with E-state index in [-0.39, 0.29) is 0 Å².